The molecule has 1 rings (SSSR count). The predicted molar refractivity (Wildman–Crippen MR) is 86.8 cm³/mol. The Morgan fingerprint density at radius 3 is 2.86 bits per heavy atom. The Balaban J connectivity index is 2.47. The molecule has 0 fully saturated rings. The molecular formula is C16H25N3O2. The molecule has 0 saturated carbocycles. The van der Waals surface area contributed by atoms with Crippen LogP contribution in [0.4, 0.5) is 0 Å². The van der Waals surface area contributed by atoms with E-state index in [-0.39, 0.29) is 0 Å². The van der Waals surface area contributed by atoms with Crippen molar-refractivity contribution in [2.45, 2.75) is 13.5 Å². The minimum atomic E-state index is 0.498. The number of nitrogens with zero attached hydrogens (tertiary/aromatic N) is 1. The van der Waals surface area contributed by atoms with Gasteiger partial charge in [0.15, 0.2) is 5.96 Å². The Hall–Kier alpha value is -2.01. The highest BCUT2D eigenvalue weighted by atomic mass is 16.5. The van der Waals surface area contributed by atoms with Crippen molar-refractivity contribution in [2.24, 2.45) is 4.99 Å². The molecule has 1 aromatic rings. The zero-order valence-corrected chi connectivity index (χ0v) is 12.9. The normalized spacial score (nSPS) is 11.0. The molecule has 116 valence electrons. The smallest absolute Gasteiger partial charge is 0.191 e. The minimum absolute atomic E-state index is 0.498. The summed E-state index contributed by atoms with van der Waals surface area (Å²) >= 11 is 0. The molecule has 0 aliphatic heterocycles. The quantitative estimate of drug-likeness (QED) is 0.316. The summed E-state index contributed by atoms with van der Waals surface area (Å²) < 4.78 is 10.9. The summed E-state index contributed by atoms with van der Waals surface area (Å²) in [5, 5.41) is 6.45. The van der Waals surface area contributed by atoms with Crippen LogP contribution in [0.3, 0.4) is 0 Å². The van der Waals surface area contributed by atoms with Crippen LogP contribution in [0.1, 0.15) is 12.5 Å². The molecule has 0 atom stereocenters. The summed E-state index contributed by atoms with van der Waals surface area (Å²) in [5.41, 5.74) is 1.08. The van der Waals surface area contributed by atoms with Gasteiger partial charge >= 0.3 is 0 Å². The van der Waals surface area contributed by atoms with E-state index in [0.29, 0.717) is 19.8 Å². The molecule has 0 saturated heterocycles. The topological polar surface area (TPSA) is 54.9 Å². The number of guanidine groups is 1. The van der Waals surface area contributed by atoms with Crippen LogP contribution in [0.5, 0.6) is 5.75 Å². The Kier molecular flexibility index (Phi) is 8.72. The summed E-state index contributed by atoms with van der Waals surface area (Å²) in [6, 6.07) is 7.92. The van der Waals surface area contributed by atoms with Gasteiger partial charge in [0.1, 0.15) is 12.4 Å². The van der Waals surface area contributed by atoms with E-state index in [1.807, 2.05) is 31.2 Å². The van der Waals surface area contributed by atoms with Crippen molar-refractivity contribution in [3.63, 3.8) is 0 Å². The fourth-order valence-electron chi connectivity index (χ4n) is 1.72. The summed E-state index contributed by atoms with van der Waals surface area (Å²) in [6.07, 6.45) is 1.73. The number of ether oxygens (including phenoxy) is 2. The number of para-hydroxylation sites is 1. The average Bonchev–Trinajstić information content (AvgIpc) is 2.53. The molecule has 2 N–H and O–H groups in total. The van der Waals surface area contributed by atoms with Gasteiger partial charge in [-0.25, -0.2) is 0 Å². The van der Waals surface area contributed by atoms with Gasteiger partial charge in [-0.15, -0.1) is 0 Å². The maximum atomic E-state index is 5.63. The molecular weight excluding hydrogens is 266 g/mol. The first kappa shape index (κ1) is 17.0. The van der Waals surface area contributed by atoms with Crippen molar-refractivity contribution in [1.29, 1.82) is 0 Å². The number of nitrogens with one attached hydrogen (secondary N) is 2. The molecule has 0 radical (unpaired) electrons. The van der Waals surface area contributed by atoms with Crippen LogP contribution in [-0.2, 0) is 11.3 Å². The average molecular weight is 291 g/mol. The lowest BCUT2D eigenvalue weighted by atomic mass is 10.2. The Labute approximate surface area is 127 Å². The van der Waals surface area contributed by atoms with E-state index < -0.39 is 0 Å². The summed E-state index contributed by atoms with van der Waals surface area (Å²) in [4.78, 5) is 4.17. The van der Waals surface area contributed by atoms with Gasteiger partial charge in [0.2, 0.25) is 0 Å². The second-order valence-corrected chi connectivity index (χ2v) is 4.26. The van der Waals surface area contributed by atoms with Gasteiger partial charge in [0, 0.05) is 32.3 Å². The molecule has 21 heavy (non-hydrogen) atoms. The van der Waals surface area contributed by atoms with Gasteiger partial charge in [-0.3, -0.25) is 4.99 Å². The third kappa shape index (κ3) is 6.81. The van der Waals surface area contributed by atoms with E-state index in [0.717, 1.165) is 30.4 Å². The number of rotatable bonds is 9. The predicted octanol–water partition coefficient (Wildman–Crippen LogP) is 1.95. The lowest BCUT2D eigenvalue weighted by Gasteiger charge is -2.14. The van der Waals surface area contributed by atoms with E-state index in [1.54, 1.807) is 13.1 Å². The van der Waals surface area contributed by atoms with Crippen LogP contribution in [0.25, 0.3) is 0 Å². The number of hydrogen-bond acceptors (Lipinski definition) is 3. The second-order valence-electron chi connectivity index (χ2n) is 4.26. The summed E-state index contributed by atoms with van der Waals surface area (Å²) in [5.74, 6) is 1.60. The van der Waals surface area contributed by atoms with Crippen LogP contribution in [0, 0.1) is 0 Å². The van der Waals surface area contributed by atoms with E-state index in [9.17, 15) is 0 Å². The summed E-state index contributed by atoms with van der Waals surface area (Å²) in [7, 11) is 1.75. The van der Waals surface area contributed by atoms with Crippen LogP contribution < -0.4 is 15.4 Å². The van der Waals surface area contributed by atoms with Gasteiger partial charge in [0.05, 0.1) is 6.61 Å². The molecule has 0 bridgehead atoms. The molecule has 0 heterocycles. The monoisotopic (exact) mass is 291 g/mol. The van der Waals surface area contributed by atoms with Crippen molar-refractivity contribution in [1.82, 2.24) is 10.6 Å². The van der Waals surface area contributed by atoms with Crippen LogP contribution in [-0.4, -0.2) is 39.4 Å². The molecule has 0 aliphatic rings. The first-order valence-electron chi connectivity index (χ1n) is 7.15. The molecule has 0 spiro atoms. The number of aliphatic imine (C=N–C) groups is 1. The molecule has 0 unspecified atom stereocenters. The molecule has 1 aromatic carbocycles. The minimum Gasteiger partial charge on any atom is -0.489 e. The fraction of sp³-hybridized carbons (Fsp3) is 0.438. The largest absolute Gasteiger partial charge is 0.489 e. The number of benzene rings is 1. The van der Waals surface area contributed by atoms with Crippen LogP contribution in [0.15, 0.2) is 41.9 Å². The standard InChI is InChI=1S/C16H25N3O2/c1-4-11-21-15-9-7-6-8-14(15)13-19-16(17-3)18-10-12-20-5-2/h4,6-9H,1,5,10-13H2,2-3H3,(H2,17,18,19). The first-order valence-corrected chi connectivity index (χ1v) is 7.15. The van der Waals surface area contributed by atoms with Crippen molar-refractivity contribution >= 4 is 5.96 Å². The van der Waals surface area contributed by atoms with Crippen molar-refractivity contribution in [3.05, 3.63) is 42.5 Å². The molecule has 0 aliphatic carbocycles. The van der Waals surface area contributed by atoms with Crippen molar-refractivity contribution < 1.29 is 9.47 Å². The SMILES string of the molecule is C=CCOc1ccccc1CNC(=NC)NCCOCC. The maximum absolute atomic E-state index is 5.63. The third-order valence-electron chi connectivity index (χ3n) is 2.74. The lowest BCUT2D eigenvalue weighted by molar-refractivity contribution is 0.152. The van der Waals surface area contributed by atoms with Crippen LogP contribution in [0.2, 0.25) is 0 Å². The molecule has 5 nitrogen and oxygen atoms in total. The highest BCUT2D eigenvalue weighted by Gasteiger charge is 2.03. The van der Waals surface area contributed by atoms with E-state index in [1.165, 1.54) is 0 Å². The van der Waals surface area contributed by atoms with E-state index >= 15 is 0 Å². The van der Waals surface area contributed by atoms with Crippen molar-refractivity contribution in [3.8, 4) is 5.75 Å². The first-order chi connectivity index (χ1) is 10.3. The van der Waals surface area contributed by atoms with Crippen LogP contribution >= 0.6 is 0 Å². The van der Waals surface area contributed by atoms with Gasteiger partial charge in [0.25, 0.3) is 0 Å². The fourth-order valence-corrected chi connectivity index (χ4v) is 1.72. The zero-order valence-electron chi connectivity index (χ0n) is 12.9. The third-order valence-corrected chi connectivity index (χ3v) is 2.74. The van der Waals surface area contributed by atoms with Gasteiger partial charge in [-0.05, 0) is 13.0 Å². The van der Waals surface area contributed by atoms with Gasteiger partial charge in [-0.2, -0.15) is 0 Å². The van der Waals surface area contributed by atoms with E-state index in [2.05, 4.69) is 22.2 Å². The second kappa shape index (κ2) is 10.7. The number of hydrogen-bond donors (Lipinski definition) is 2. The Bertz CT molecular complexity index is 447. The molecule has 0 amide bonds. The van der Waals surface area contributed by atoms with E-state index in [4.69, 9.17) is 9.47 Å². The van der Waals surface area contributed by atoms with Crippen molar-refractivity contribution in [2.75, 3.05) is 33.4 Å². The molecule has 0 aromatic heterocycles. The highest BCUT2D eigenvalue weighted by molar-refractivity contribution is 5.79. The molecule has 5 heteroatoms. The van der Waals surface area contributed by atoms with Gasteiger partial charge < -0.3 is 20.1 Å². The highest BCUT2D eigenvalue weighted by Crippen LogP contribution is 2.17. The summed E-state index contributed by atoms with van der Waals surface area (Å²) in [6.45, 7) is 8.89. The zero-order chi connectivity index (χ0) is 15.3. The van der Waals surface area contributed by atoms with Gasteiger partial charge in [-0.1, -0.05) is 30.9 Å². The Morgan fingerprint density at radius 2 is 2.14 bits per heavy atom. The maximum Gasteiger partial charge on any atom is 0.191 e. The Morgan fingerprint density at radius 1 is 1.33 bits per heavy atom. The lowest BCUT2D eigenvalue weighted by Crippen LogP contribution is -2.38.